The highest BCUT2D eigenvalue weighted by Crippen LogP contribution is 2.42. The Hall–Kier alpha value is -1.41. The minimum Gasteiger partial charge on any atom is -0.496 e. The van der Waals surface area contributed by atoms with Gasteiger partial charge in [0.1, 0.15) is 5.75 Å². The summed E-state index contributed by atoms with van der Waals surface area (Å²) in [7, 11) is 1.77. The van der Waals surface area contributed by atoms with E-state index in [9.17, 15) is 0 Å². The van der Waals surface area contributed by atoms with Crippen molar-refractivity contribution in [3.05, 3.63) is 52.4 Å². The van der Waals surface area contributed by atoms with Crippen molar-refractivity contribution in [2.24, 2.45) is 0 Å². The summed E-state index contributed by atoms with van der Waals surface area (Å²) in [6.07, 6.45) is 5.77. The highest BCUT2D eigenvalue weighted by atomic mass is 32.1. The van der Waals surface area contributed by atoms with E-state index >= 15 is 0 Å². The minimum atomic E-state index is 0.382. The fraction of sp³-hybridized carbons (Fsp3) is 0.333. The van der Waals surface area contributed by atoms with E-state index in [1.54, 1.807) is 7.11 Å². The zero-order chi connectivity index (χ0) is 14.1. The molecular formula is C18H20OS. The molecule has 1 unspecified atom stereocenters. The first-order chi connectivity index (χ1) is 9.70. The normalized spacial score (nSPS) is 18.9. The smallest absolute Gasteiger partial charge is 0.130 e. The number of hydrogen-bond acceptors (Lipinski definition) is 2. The maximum Gasteiger partial charge on any atom is 0.130 e. The highest BCUT2D eigenvalue weighted by Gasteiger charge is 2.22. The van der Waals surface area contributed by atoms with Crippen LogP contribution in [0.25, 0.3) is 10.8 Å². The van der Waals surface area contributed by atoms with Crippen molar-refractivity contribution < 1.29 is 4.74 Å². The molecule has 0 fully saturated rings. The molecule has 1 atom stereocenters. The van der Waals surface area contributed by atoms with Crippen molar-refractivity contribution in [2.45, 2.75) is 32.1 Å². The number of benzene rings is 2. The molecule has 0 amide bonds. The van der Waals surface area contributed by atoms with Crippen LogP contribution in [0.5, 0.6) is 5.75 Å². The van der Waals surface area contributed by atoms with Crippen LogP contribution in [0.3, 0.4) is 0 Å². The Kier molecular flexibility index (Phi) is 3.75. The molecule has 1 aliphatic rings. The zero-order valence-corrected chi connectivity index (χ0v) is 12.9. The summed E-state index contributed by atoms with van der Waals surface area (Å²) < 4.78 is 5.74. The first-order valence-electron chi connectivity index (χ1n) is 7.17. The molecule has 0 N–H and O–H groups in total. The SMILES string of the molecule is COc1c(C2CCCC=C2S)ccc2cc(C)ccc12. The van der Waals surface area contributed by atoms with E-state index < -0.39 is 0 Å². The Bertz CT molecular complexity index is 672. The van der Waals surface area contributed by atoms with Crippen molar-refractivity contribution in [1.82, 2.24) is 0 Å². The number of thiol groups is 1. The molecule has 0 bridgehead atoms. The summed E-state index contributed by atoms with van der Waals surface area (Å²) in [4.78, 5) is 1.18. The van der Waals surface area contributed by atoms with Gasteiger partial charge in [-0.1, -0.05) is 42.0 Å². The molecule has 2 aromatic carbocycles. The average Bonchev–Trinajstić information content (AvgIpc) is 2.46. The fourth-order valence-electron chi connectivity index (χ4n) is 3.12. The summed E-state index contributed by atoms with van der Waals surface area (Å²) in [6.45, 7) is 2.12. The molecule has 0 saturated heterocycles. The van der Waals surface area contributed by atoms with Gasteiger partial charge in [-0.05, 0) is 36.5 Å². The van der Waals surface area contributed by atoms with Crippen LogP contribution in [0, 0.1) is 6.92 Å². The third-order valence-corrected chi connectivity index (χ3v) is 4.64. The van der Waals surface area contributed by atoms with Gasteiger partial charge in [-0.15, -0.1) is 12.6 Å². The third-order valence-electron chi connectivity index (χ3n) is 4.14. The second kappa shape index (κ2) is 5.53. The van der Waals surface area contributed by atoms with E-state index in [0.717, 1.165) is 18.6 Å². The molecule has 104 valence electrons. The second-order valence-electron chi connectivity index (χ2n) is 5.53. The van der Waals surface area contributed by atoms with E-state index in [-0.39, 0.29) is 0 Å². The van der Waals surface area contributed by atoms with Crippen LogP contribution in [0.1, 0.15) is 36.3 Å². The number of ether oxygens (including phenoxy) is 1. The Morgan fingerprint density at radius 2 is 2.05 bits per heavy atom. The van der Waals surface area contributed by atoms with Crippen LogP contribution < -0.4 is 4.74 Å². The van der Waals surface area contributed by atoms with Crippen LogP contribution in [-0.4, -0.2) is 7.11 Å². The lowest BCUT2D eigenvalue weighted by Gasteiger charge is -2.24. The van der Waals surface area contributed by atoms with Crippen molar-refractivity contribution >= 4 is 23.4 Å². The molecule has 0 heterocycles. The monoisotopic (exact) mass is 284 g/mol. The van der Waals surface area contributed by atoms with Gasteiger partial charge in [0.2, 0.25) is 0 Å². The van der Waals surface area contributed by atoms with E-state index in [1.165, 1.54) is 33.2 Å². The number of aryl methyl sites for hydroxylation is 1. The Morgan fingerprint density at radius 1 is 1.20 bits per heavy atom. The maximum absolute atomic E-state index is 5.74. The van der Waals surface area contributed by atoms with E-state index in [1.807, 2.05) is 0 Å². The molecule has 2 aromatic rings. The molecule has 0 aliphatic heterocycles. The van der Waals surface area contributed by atoms with Gasteiger partial charge in [-0.25, -0.2) is 0 Å². The lowest BCUT2D eigenvalue weighted by molar-refractivity contribution is 0.411. The first kappa shape index (κ1) is 13.6. The highest BCUT2D eigenvalue weighted by molar-refractivity contribution is 7.84. The van der Waals surface area contributed by atoms with Gasteiger partial charge in [-0.2, -0.15) is 0 Å². The van der Waals surface area contributed by atoms with Crippen molar-refractivity contribution in [2.75, 3.05) is 7.11 Å². The van der Waals surface area contributed by atoms with Gasteiger partial charge in [0.25, 0.3) is 0 Å². The molecule has 0 radical (unpaired) electrons. The van der Waals surface area contributed by atoms with Crippen LogP contribution in [0.2, 0.25) is 0 Å². The quantitative estimate of drug-likeness (QED) is 0.742. The van der Waals surface area contributed by atoms with Gasteiger partial charge in [0.15, 0.2) is 0 Å². The third kappa shape index (κ3) is 2.33. The number of methoxy groups -OCH3 is 1. The predicted octanol–water partition coefficient (Wildman–Crippen LogP) is 5.24. The maximum atomic E-state index is 5.74. The lowest BCUT2D eigenvalue weighted by Crippen LogP contribution is -2.06. The first-order valence-corrected chi connectivity index (χ1v) is 7.61. The second-order valence-corrected chi connectivity index (χ2v) is 6.04. The molecule has 20 heavy (non-hydrogen) atoms. The van der Waals surface area contributed by atoms with Gasteiger partial charge in [0.05, 0.1) is 7.11 Å². The summed E-state index contributed by atoms with van der Waals surface area (Å²) in [6, 6.07) is 10.9. The van der Waals surface area contributed by atoms with E-state index in [0.29, 0.717) is 5.92 Å². The Balaban J connectivity index is 2.18. The van der Waals surface area contributed by atoms with Crippen molar-refractivity contribution in [3.63, 3.8) is 0 Å². The van der Waals surface area contributed by atoms with Crippen LogP contribution >= 0.6 is 12.6 Å². The summed E-state index contributed by atoms with van der Waals surface area (Å²) in [5.74, 6) is 1.39. The molecule has 1 nitrogen and oxygen atoms in total. The van der Waals surface area contributed by atoms with Crippen molar-refractivity contribution in [3.8, 4) is 5.75 Å². The molecule has 0 saturated carbocycles. The molecule has 1 aliphatic carbocycles. The minimum absolute atomic E-state index is 0.382. The van der Waals surface area contributed by atoms with Gasteiger partial charge in [-0.3, -0.25) is 0 Å². The van der Waals surface area contributed by atoms with E-state index in [2.05, 4.69) is 56.0 Å². The lowest BCUT2D eigenvalue weighted by atomic mass is 9.87. The Labute approximate surface area is 126 Å². The van der Waals surface area contributed by atoms with Gasteiger partial charge < -0.3 is 4.74 Å². The molecule has 0 spiro atoms. The van der Waals surface area contributed by atoms with Crippen LogP contribution in [-0.2, 0) is 0 Å². The largest absolute Gasteiger partial charge is 0.496 e. The molecule has 2 heteroatoms. The van der Waals surface area contributed by atoms with Gasteiger partial charge in [0, 0.05) is 16.9 Å². The fourth-order valence-corrected chi connectivity index (χ4v) is 3.51. The summed E-state index contributed by atoms with van der Waals surface area (Å²) in [5.41, 5.74) is 2.55. The number of rotatable bonds is 2. The van der Waals surface area contributed by atoms with Crippen molar-refractivity contribution in [1.29, 1.82) is 0 Å². The topological polar surface area (TPSA) is 9.23 Å². The summed E-state index contributed by atoms with van der Waals surface area (Å²) >= 11 is 4.67. The molecule has 3 rings (SSSR count). The number of fused-ring (bicyclic) bond motifs is 1. The average molecular weight is 284 g/mol. The van der Waals surface area contributed by atoms with Gasteiger partial charge >= 0.3 is 0 Å². The van der Waals surface area contributed by atoms with Crippen LogP contribution in [0.4, 0.5) is 0 Å². The van der Waals surface area contributed by atoms with E-state index in [4.69, 9.17) is 4.74 Å². The van der Waals surface area contributed by atoms with Crippen LogP contribution in [0.15, 0.2) is 41.3 Å². The zero-order valence-electron chi connectivity index (χ0n) is 12.0. The molecular weight excluding hydrogens is 264 g/mol. The standard InChI is InChI=1S/C18H20OS/c1-12-7-9-14-13(11-12)8-10-16(18(14)19-2)15-5-3-4-6-17(15)20/h6-11,15,20H,3-5H2,1-2H3. The summed E-state index contributed by atoms with van der Waals surface area (Å²) in [5, 5.41) is 2.44. The number of allylic oxidation sites excluding steroid dienone is 2. The Morgan fingerprint density at radius 3 is 2.80 bits per heavy atom. The molecule has 0 aromatic heterocycles. The number of hydrogen-bond donors (Lipinski definition) is 1. The predicted molar refractivity (Wildman–Crippen MR) is 88.9 cm³/mol.